The van der Waals surface area contributed by atoms with E-state index in [1.165, 1.54) is 0 Å². The quantitative estimate of drug-likeness (QED) is 0.722. The van der Waals surface area contributed by atoms with E-state index in [9.17, 15) is 4.79 Å². The van der Waals surface area contributed by atoms with Gasteiger partial charge in [0.05, 0.1) is 10.0 Å². The molecule has 0 aromatic heterocycles. The molecule has 0 aliphatic carbocycles. The molecule has 0 unspecified atom stereocenters. The van der Waals surface area contributed by atoms with Gasteiger partial charge in [0.1, 0.15) is 0 Å². The number of ketones is 1. The molecule has 1 aromatic rings. The van der Waals surface area contributed by atoms with Crippen molar-refractivity contribution in [2.24, 2.45) is 0 Å². The van der Waals surface area contributed by atoms with Crippen LogP contribution in [-0.4, -0.2) is 12.3 Å². The summed E-state index contributed by atoms with van der Waals surface area (Å²) in [6.45, 7) is 0.670. The number of hydrogen-bond donors (Lipinski definition) is 1. The van der Waals surface area contributed by atoms with Crippen LogP contribution < -0.4 is 5.32 Å². The zero-order valence-electron chi connectivity index (χ0n) is 6.73. The predicted octanol–water partition coefficient (Wildman–Crippen LogP) is 2.99. The molecule has 0 saturated carbocycles. The van der Waals surface area contributed by atoms with E-state index in [2.05, 4.69) is 5.32 Å². The van der Waals surface area contributed by atoms with Crippen LogP contribution in [0.5, 0.6) is 0 Å². The summed E-state index contributed by atoms with van der Waals surface area (Å²) in [4.78, 5) is 11.4. The number of nitrogens with one attached hydrogen (secondary N) is 1. The van der Waals surface area contributed by atoms with Crippen molar-refractivity contribution in [2.45, 2.75) is 6.42 Å². The molecule has 1 aliphatic rings. The zero-order valence-corrected chi connectivity index (χ0v) is 8.24. The Hall–Kier alpha value is -0.730. The van der Waals surface area contributed by atoms with Gasteiger partial charge in [-0.25, -0.2) is 0 Å². The van der Waals surface area contributed by atoms with Crippen LogP contribution in [0.15, 0.2) is 12.1 Å². The van der Waals surface area contributed by atoms with E-state index < -0.39 is 0 Å². The molecule has 1 N–H and O–H groups in total. The van der Waals surface area contributed by atoms with Crippen LogP contribution in [0, 0.1) is 0 Å². The average Bonchev–Trinajstić information content (AvgIpc) is 2.09. The van der Waals surface area contributed by atoms with Crippen LogP contribution in [0.2, 0.25) is 10.0 Å². The molecule has 1 aromatic carbocycles. The first kappa shape index (κ1) is 8.85. The first-order valence-electron chi connectivity index (χ1n) is 3.94. The van der Waals surface area contributed by atoms with Gasteiger partial charge in [-0.3, -0.25) is 4.79 Å². The molecule has 0 bridgehead atoms. The lowest BCUT2D eigenvalue weighted by Gasteiger charge is -2.17. The highest BCUT2D eigenvalue weighted by Gasteiger charge is 2.18. The highest BCUT2D eigenvalue weighted by Crippen LogP contribution is 2.31. The van der Waals surface area contributed by atoms with Crippen LogP contribution in [0.25, 0.3) is 0 Å². The Labute approximate surface area is 85.8 Å². The number of fused-ring (bicyclic) bond motifs is 1. The van der Waals surface area contributed by atoms with Crippen LogP contribution in [0.4, 0.5) is 5.69 Å². The minimum Gasteiger partial charge on any atom is -0.384 e. The third-order valence-corrected chi connectivity index (χ3v) is 2.75. The molecule has 68 valence electrons. The van der Waals surface area contributed by atoms with Gasteiger partial charge in [-0.05, 0) is 12.1 Å². The normalized spacial score (nSPS) is 15.1. The lowest BCUT2D eigenvalue weighted by Crippen LogP contribution is -2.17. The maximum atomic E-state index is 11.4. The SMILES string of the molecule is O=C1CCNc2cc(Cl)c(Cl)cc21. The van der Waals surface area contributed by atoms with E-state index in [1.807, 2.05) is 0 Å². The Kier molecular flexibility index (Phi) is 2.18. The Bertz CT molecular complexity index is 376. The summed E-state index contributed by atoms with van der Waals surface area (Å²) < 4.78 is 0. The van der Waals surface area contributed by atoms with Crippen LogP contribution in [-0.2, 0) is 0 Å². The molecular weight excluding hydrogens is 209 g/mol. The van der Waals surface area contributed by atoms with E-state index in [1.54, 1.807) is 12.1 Å². The van der Waals surface area contributed by atoms with Gasteiger partial charge in [-0.1, -0.05) is 23.2 Å². The molecule has 0 radical (unpaired) electrons. The molecule has 1 aliphatic heterocycles. The van der Waals surface area contributed by atoms with Gasteiger partial charge < -0.3 is 5.32 Å². The van der Waals surface area contributed by atoms with Crippen molar-refractivity contribution >= 4 is 34.7 Å². The maximum Gasteiger partial charge on any atom is 0.166 e. The van der Waals surface area contributed by atoms with E-state index >= 15 is 0 Å². The standard InChI is InChI=1S/C9H7Cl2NO/c10-6-3-5-8(4-7(6)11)12-2-1-9(5)13/h3-4,12H,1-2H2. The summed E-state index contributed by atoms with van der Waals surface area (Å²) in [6, 6.07) is 3.31. The molecule has 0 saturated heterocycles. The summed E-state index contributed by atoms with van der Waals surface area (Å²) in [5, 5.41) is 4.00. The fourth-order valence-corrected chi connectivity index (χ4v) is 1.70. The Balaban J connectivity index is 2.58. The highest BCUT2D eigenvalue weighted by molar-refractivity contribution is 6.42. The summed E-state index contributed by atoms with van der Waals surface area (Å²) in [5.74, 6) is 0.118. The molecule has 1 heterocycles. The van der Waals surface area contributed by atoms with Crippen molar-refractivity contribution in [1.29, 1.82) is 0 Å². The van der Waals surface area contributed by atoms with E-state index in [4.69, 9.17) is 23.2 Å². The number of halogens is 2. The summed E-state index contributed by atoms with van der Waals surface area (Å²) in [7, 11) is 0. The van der Waals surface area contributed by atoms with Crippen molar-refractivity contribution in [1.82, 2.24) is 0 Å². The third-order valence-electron chi connectivity index (χ3n) is 2.03. The smallest absolute Gasteiger partial charge is 0.166 e. The van der Waals surface area contributed by atoms with E-state index in [0.717, 1.165) is 5.69 Å². The number of benzene rings is 1. The monoisotopic (exact) mass is 215 g/mol. The molecular formula is C9H7Cl2NO. The average molecular weight is 216 g/mol. The Morgan fingerprint density at radius 2 is 1.92 bits per heavy atom. The first-order chi connectivity index (χ1) is 6.18. The van der Waals surface area contributed by atoms with Crippen molar-refractivity contribution < 1.29 is 4.79 Å². The number of Topliss-reactive ketones (excluding diaryl/α,β-unsaturated/α-hetero) is 1. The first-order valence-corrected chi connectivity index (χ1v) is 4.70. The zero-order chi connectivity index (χ0) is 9.42. The second-order valence-electron chi connectivity index (χ2n) is 2.91. The van der Waals surface area contributed by atoms with Gasteiger partial charge in [-0.15, -0.1) is 0 Å². The van der Waals surface area contributed by atoms with E-state index in [-0.39, 0.29) is 5.78 Å². The molecule has 13 heavy (non-hydrogen) atoms. The second-order valence-corrected chi connectivity index (χ2v) is 3.73. The van der Waals surface area contributed by atoms with Crippen molar-refractivity contribution in [2.75, 3.05) is 11.9 Å². The van der Waals surface area contributed by atoms with Crippen LogP contribution >= 0.6 is 23.2 Å². The van der Waals surface area contributed by atoms with Crippen molar-refractivity contribution in [3.05, 3.63) is 27.7 Å². The number of carbonyl (C=O) groups excluding carboxylic acids is 1. The molecule has 2 rings (SSSR count). The molecule has 0 fully saturated rings. The molecule has 0 spiro atoms. The van der Waals surface area contributed by atoms with Crippen LogP contribution in [0.1, 0.15) is 16.8 Å². The highest BCUT2D eigenvalue weighted by atomic mass is 35.5. The Morgan fingerprint density at radius 3 is 2.69 bits per heavy atom. The maximum absolute atomic E-state index is 11.4. The molecule has 0 amide bonds. The van der Waals surface area contributed by atoms with E-state index in [0.29, 0.717) is 28.6 Å². The van der Waals surface area contributed by atoms with Gasteiger partial charge in [0.2, 0.25) is 0 Å². The minimum absolute atomic E-state index is 0.118. The number of carbonyl (C=O) groups is 1. The summed E-state index contributed by atoms with van der Waals surface area (Å²) in [5.41, 5.74) is 1.42. The largest absolute Gasteiger partial charge is 0.384 e. The number of rotatable bonds is 0. The summed E-state index contributed by atoms with van der Waals surface area (Å²) >= 11 is 11.6. The molecule has 2 nitrogen and oxygen atoms in total. The number of anilines is 1. The van der Waals surface area contributed by atoms with Gasteiger partial charge >= 0.3 is 0 Å². The molecule has 0 atom stereocenters. The topological polar surface area (TPSA) is 29.1 Å². The lowest BCUT2D eigenvalue weighted by atomic mass is 10.0. The van der Waals surface area contributed by atoms with Gasteiger partial charge in [-0.2, -0.15) is 0 Å². The van der Waals surface area contributed by atoms with Crippen molar-refractivity contribution in [3.8, 4) is 0 Å². The predicted molar refractivity (Wildman–Crippen MR) is 53.9 cm³/mol. The summed E-state index contributed by atoms with van der Waals surface area (Å²) in [6.07, 6.45) is 0.519. The van der Waals surface area contributed by atoms with Crippen LogP contribution in [0.3, 0.4) is 0 Å². The number of hydrogen-bond acceptors (Lipinski definition) is 2. The Morgan fingerprint density at radius 1 is 1.23 bits per heavy atom. The molecule has 4 heteroatoms. The second kappa shape index (κ2) is 3.20. The third kappa shape index (κ3) is 1.52. The van der Waals surface area contributed by atoms with Gasteiger partial charge in [0, 0.05) is 24.2 Å². The fourth-order valence-electron chi connectivity index (χ4n) is 1.37. The van der Waals surface area contributed by atoms with Gasteiger partial charge in [0.15, 0.2) is 5.78 Å². The lowest BCUT2D eigenvalue weighted by molar-refractivity contribution is 0.0984. The minimum atomic E-state index is 0.118. The fraction of sp³-hybridized carbons (Fsp3) is 0.222. The van der Waals surface area contributed by atoms with Gasteiger partial charge in [0.25, 0.3) is 0 Å². The van der Waals surface area contributed by atoms with Crippen molar-refractivity contribution in [3.63, 3.8) is 0 Å².